The van der Waals surface area contributed by atoms with Gasteiger partial charge in [-0.25, -0.2) is 0 Å². The predicted molar refractivity (Wildman–Crippen MR) is 77.7 cm³/mol. The number of nitrogens with two attached hydrogens (primary N) is 1. The summed E-state index contributed by atoms with van der Waals surface area (Å²) >= 11 is 0. The summed E-state index contributed by atoms with van der Waals surface area (Å²) in [6.07, 6.45) is 6.35. The lowest BCUT2D eigenvalue weighted by molar-refractivity contribution is -0.128. The van der Waals surface area contributed by atoms with Gasteiger partial charge in [-0.2, -0.15) is 0 Å². The standard InChI is InChI=1S/C14H24N4O3/c15-12(18-21)14(7-3-1-2-4-8-14)13(20)16-9-10-5-6-11(19)17-10/h10,21H,1-9H2,(H2,15,18)(H,16,20)(H,17,19). The molecular formula is C14H24N4O3. The van der Waals surface area contributed by atoms with Crippen LogP contribution in [0.3, 0.4) is 0 Å². The van der Waals surface area contributed by atoms with Crippen molar-refractivity contribution in [2.45, 2.75) is 57.4 Å². The van der Waals surface area contributed by atoms with Gasteiger partial charge in [0.25, 0.3) is 0 Å². The minimum absolute atomic E-state index is 0.00245. The fraction of sp³-hybridized carbons (Fsp3) is 0.786. The summed E-state index contributed by atoms with van der Waals surface area (Å²) in [6.45, 7) is 0.394. The quantitative estimate of drug-likeness (QED) is 0.198. The highest BCUT2D eigenvalue weighted by Gasteiger charge is 2.43. The van der Waals surface area contributed by atoms with Gasteiger partial charge < -0.3 is 21.6 Å². The summed E-state index contributed by atoms with van der Waals surface area (Å²) in [7, 11) is 0. The van der Waals surface area contributed by atoms with E-state index in [4.69, 9.17) is 10.9 Å². The maximum absolute atomic E-state index is 12.6. The monoisotopic (exact) mass is 296 g/mol. The van der Waals surface area contributed by atoms with E-state index >= 15 is 0 Å². The maximum Gasteiger partial charge on any atom is 0.234 e. The van der Waals surface area contributed by atoms with Crippen LogP contribution in [0.4, 0.5) is 0 Å². The molecule has 1 heterocycles. The van der Waals surface area contributed by atoms with Crippen LogP contribution in [0.2, 0.25) is 0 Å². The van der Waals surface area contributed by atoms with Crippen LogP contribution in [-0.2, 0) is 9.59 Å². The zero-order valence-corrected chi connectivity index (χ0v) is 12.2. The van der Waals surface area contributed by atoms with Crippen LogP contribution in [0.15, 0.2) is 5.16 Å². The number of carbonyl (C=O) groups excluding carboxylic acids is 2. The zero-order valence-electron chi connectivity index (χ0n) is 12.2. The highest BCUT2D eigenvalue weighted by molar-refractivity contribution is 6.06. The number of amidine groups is 1. The first-order valence-corrected chi connectivity index (χ1v) is 7.64. The van der Waals surface area contributed by atoms with Gasteiger partial charge in [-0.3, -0.25) is 9.59 Å². The van der Waals surface area contributed by atoms with Crippen LogP contribution >= 0.6 is 0 Å². The number of amides is 2. The molecule has 0 spiro atoms. The first-order valence-electron chi connectivity index (χ1n) is 7.64. The zero-order chi connectivity index (χ0) is 15.3. The molecule has 7 heteroatoms. The van der Waals surface area contributed by atoms with Crippen molar-refractivity contribution in [1.82, 2.24) is 10.6 Å². The average molecular weight is 296 g/mol. The number of oxime groups is 1. The van der Waals surface area contributed by atoms with Crippen LogP contribution in [0, 0.1) is 5.41 Å². The summed E-state index contributed by atoms with van der Waals surface area (Å²) in [6, 6.07) is -0.0171. The number of nitrogens with zero attached hydrogens (tertiary/aromatic N) is 1. The van der Waals surface area contributed by atoms with E-state index in [1.165, 1.54) is 0 Å². The molecule has 118 valence electrons. The third-order valence-corrected chi connectivity index (χ3v) is 4.58. The van der Waals surface area contributed by atoms with Crippen molar-refractivity contribution in [3.63, 3.8) is 0 Å². The third kappa shape index (κ3) is 3.46. The third-order valence-electron chi connectivity index (χ3n) is 4.58. The average Bonchev–Trinajstić information content (AvgIpc) is 2.76. The summed E-state index contributed by atoms with van der Waals surface area (Å²) in [5, 5.41) is 17.8. The molecule has 1 atom stereocenters. The molecule has 0 radical (unpaired) electrons. The molecule has 0 aromatic rings. The van der Waals surface area contributed by atoms with Crippen LogP contribution in [-0.4, -0.2) is 35.4 Å². The second kappa shape index (κ2) is 6.78. The van der Waals surface area contributed by atoms with Crippen LogP contribution < -0.4 is 16.4 Å². The Labute approximate surface area is 124 Å². The molecule has 7 nitrogen and oxygen atoms in total. The Kier molecular flexibility index (Phi) is 5.03. The number of nitrogens with one attached hydrogen (secondary N) is 2. The van der Waals surface area contributed by atoms with Crippen LogP contribution in [0.5, 0.6) is 0 Å². The molecule has 0 aromatic carbocycles. The fourth-order valence-electron chi connectivity index (χ4n) is 3.24. The normalized spacial score (nSPS) is 26.0. The Bertz CT molecular complexity index is 428. The van der Waals surface area contributed by atoms with E-state index in [1.807, 2.05) is 0 Å². The molecule has 1 unspecified atom stereocenters. The smallest absolute Gasteiger partial charge is 0.234 e. The van der Waals surface area contributed by atoms with E-state index in [1.54, 1.807) is 0 Å². The number of hydrogen-bond acceptors (Lipinski definition) is 4. The van der Waals surface area contributed by atoms with Gasteiger partial charge >= 0.3 is 0 Å². The molecule has 1 saturated carbocycles. The molecule has 2 fully saturated rings. The Hall–Kier alpha value is -1.79. The topological polar surface area (TPSA) is 117 Å². The Morgan fingerprint density at radius 3 is 2.57 bits per heavy atom. The van der Waals surface area contributed by atoms with E-state index in [2.05, 4.69) is 15.8 Å². The molecule has 1 aliphatic heterocycles. The Morgan fingerprint density at radius 2 is 2.05 bits per heavy atom. The van der Waals surface area contributed by atoms with Crippen LogP contribution in [0.1, 0.15) is 51.4 Å². The minimum atomic E-state index is -0.909. The van der Waals surface area contributed by atoms with E-state index < -0.39 is 5.41 Å². The molecule has 5 N–H and O–H groups in total. The van der Waals surface area contributed by atoms with Gasteiger partial charge in [0, 0.05) is 19.0 Å². The summed E-state index contributed by atoms with van der Waals surface area (Å²) < 4.78 is 0. The highest BCUT2D eigenvalue weighted by Crippen LogP contribution is 2.35. The van der Waals surface area contributed by atoms with Gasteiger partial charge in [-0.1, -0.05) is 30.8 Å². The minimum Gasteiger partial charge on any atom is -0.409 e. The van der Waals surface area contributed by atoms with Gasteiger partial charge in [-0.15, -0.1) is 0 Å². The molecule has 2 aliphatic rings. The van der Waals surface area contributed by atoms with E-state index in [0.29, 0.717) is 25.8 Å². The first-order chi connectivity index (χ1) is 10.1. The van der Waals surface area contributed by atoms with Crippen LogP contribution in [0.25, 0.3) is 0 Å². The van der Waals surface area contributed by atoms with Gasteiger partial charge in [-0.05, 0) is 19.3 Å². The number of hydrogen-bond donors (Lipinski definition) is 4. The SMILES string of the molecule is NC(=NO)C1(C(=O)NCC2CCC(=O)N2)CCCCCC1. The van der Waals surface area contributed by atoms with Gasteiger partial charge in [0.15, 0.2) is 5.84 Å². The largest absolute Gasteiger partial charge is 0.409 e. The fourth-order valence-corrected chi connectivity index (χ4v) is 3.24. The number of rotatable bonds is 4. The first kappa shape index (κ1) is 15.6. The molecular weight excluding hydrogens is 272 g/mol. The van der Waals surface area contributed by atoms with Crippen molar-refractivity contribution in [3.05, 3.63) is 0 Å². The van der Waals surface area contributed by atoms with Gasteiger partial charge in [0.05, 0.1) is 0 Å². The maximum atomic E-state index is 12.6. The second-order valence-corrected chi connectivity index (χ2v) is 5.99. The van der Waals surface area contributed by atoms with Crippen molar-refractivity contribution in [3.8, 4) is 0 Å². The molecule has 21 heavy (non-hydrogen) atoms. The van der Waals surface area contributed by atoms with E-state index in [9.17, 15) is 9.59 Å². The molecule has 1 saturated heterocycles. The summed E-state index contributed by atoms with van der Waals surface area (Å²) in [5.74, 6) is -0.173. The lowest BCUT2D eigenvalue weighted by Crippen LogP contribution is -2.51. The highest BCUT2D eigenvalue weighted by atomic mass is 16.4. The number of carbonyl (C=O) groups is 2. The Balaban J connectivity index is 2.02. The molecule has 2 rings (SSSR count). The molecule has 0 bridgehead atoms. The summed E-state index contributed by atoms with van der Waals surface area (Å²) in [5.41, 5.74) is 4.92. The second-order valence-electron chi connectivity index (χ2n) is 5.99. The van der Waals surface area contributed by atoms with E-state index in [0.717, 1.165) is 32.1 Å². The molecule has 2 amide bonds. The van der Waals surface area contributed by atoms with Gasteiger partial charge in [0.2, 0.25) is 11.8 Å². The van der Waals surface area contributed by atoms with Crippen molar-refractivity contribution in [2.75, 3.05) is 6.54 Å². The van der Waals surface area contributed by atoms with Crippen molar-refractivity contribution in [1.29, 1.82) is 0 Å². The van der Waals surface area contributed by atoms with E-state index in [-0.39, 0.29) is 23.7 Å². The Morgan fingerprint density at radius 1 is 1.38 bits per heavy atom. The van der Waals surface area contributed by atoms with Crippen molar-refractivity contribution < 1.29 is 14.8 Å². The lowest BCUT2D eigenvalue weighted by Gasteiger charge is -2.30. The summed E-state index contributed by atoms with van der Waals surface area (Å²) in [4.78, 5) is 23.8. The predicted octanol–water partition coefficient (Wildman–Crippen LogP) is 0.468. The van der Waals surface area contributed by atoms with Crippen molar-refractivity contribution in [2.24, 2.45) is 16.3 Å². The molecule has 0 aromatic heterocycles. The van der Waals surface area contributed by atoms with Gasteiger partial charge in [0.1, 0.15) is 5.41 Å². The lowest BCUT2D eigenvalue weighted by atomic mass is 9.78. The van der Waals surface area contributed by atoms with Crippen molar-refractivity contribution >= 4 is 17.6 Å². The molecule has 1 aliphatic carbocycles.